The Hall–Kier alpha value is -2.33. The van der Waals surface area contributed by atoms with Crippen molar-refractivity contribution in [3.8, 4) is 11.6 Å². The van der Waals surface area contributed by atoms with Crippen LogP contribution in [0.15, 0.2) is 46.3 Å². The van der Waals surface area contributed by atoms with Gasteiger partial charge in [0, 0.05) is 12.3 Å². The van der Waals surface area contributed by atoms with Gasteiger partial charge in [-0.15, -0.1) is 0 Å². The average Bonchev–Trinajstić information content (AvgIpc) is 2.53. The molecule has 0 saturated carbocycles. The van der Waals surface area contributed by atoms with Gasteiger partial charge in [-0.2, -0.15) is 0 Å². The summed E-state index contributed by atoms with van der Waals surface area (Å²) in [5.74, 6) is 0.353. The lowest BCUT2D eigenvalue weighted by atomic mass is 10.3. The van der Waals surface area contributed by atoms with Crippen LogP contribution in [0.2, 0.25) is 0 Å². The zero-order valence-corrected chi connectivity index (χ0v) is 14.8. The van der Waals surface area contributed by atoms with Crippen LogP contribution in [-0.2, 0) is 19.9 Å². The molecule has 0 unspecified atom stereocenters. The first kappa shape index (κ1) is 18.0. The van der Waals surface area contributed by atoms with Gasteiger partial charge in [-0.25, -0.2) is 21.8 Å². The SMILES string of the molecule is COc1ccc(NS(=O)(=O)c2cc(S(C)(=O)=O)ccc2OC)cn1. The summed E-state index contributed by atoms with van der Waals surface area (Å²) in [5, 5.41) is 0. The molecule has 0 aliphatic heterocycles. The number of anilines is 1. The Bertz CT molecular complexity index is 938. The summed E-state index contributed by atoms with van der Waals surface area (Å²) >= 11 is 0. The molecule has 0 spiro atoms. The predicted octanol–water partition coefficient (Wildman–Crippen LogP) is 1.30. The molecule has 0 bridgehead atoms. The minimum absolute atomic E-state index is 0.0244. The van der Waals surface area contributed by atoms with Crippen molar-refractivity contribution in [3.63, 3.8) is 0 Å². The zero-order chi connectivity index (χ0) is 18.0. The highest BCUT2D eigenvalue weighted by molar-refractivity contribution is 7.93. The first-order valence-corrected chi connectivity index (χ1v) is 9.96. The Labute approximate surface area is 140 Å². The lowest BCUT2D eigenvalue weighted by Gasteiger charge is -2.12. The van der Waals surface area contributed by atoms with Crippen molar-refractivity contribution in [2.45, 2.75) is 9.79 Å². The molecule has 1 aromatic heterocycles. The van der Waals surface area contributed by atoms with Gasteiger partial charge in [-0.1, -0.05) is 0 Å². The Balaban J connectivity index is 2.47. The number of benzene rings is 1. The minimum atomic E-state index is -4.08. The maximum absolute atomic E-state index is 12.6. The van der Waals surface area contributed by atoms with Crippen LogP contribution in [0.5, 0.6) is 11.6 Å². The third-order valence-corrected chi connectivity index (χ3v) is 5.56. The summed E-state index contributed by atoms with van der Waals surface area (Å²) in [6.45, 7) is 0. The molecular formula is C14H16N2O6S2. The summed E-state index contributed by atoms with van der Waals surface area (Å²) < 4.78 is 60.7. The Morgan fingerprint density at radius 2 is 1.71 bits per heavy atom. The molecule has 1 N–H and O–H groups in total. The van der Waals surface area contributed by atoms with Crippen LogP contribution in [-0.4, -0.2) is 42.3 Å². The van der Waals surface area contributed by atoms with Crippen molar-refractivity contribution in [1.82, 2.24) is 4.98 Å². The second-order valence-electron chi connectivity index (χ2n) is 4.78. The van der Waals surface area contributed by atoms with Crippen molar-refractivity contribution < 1.29 is 26.3 Å². The molecule has 2 rings (SSSR count). The maximum atomic E-state index is 12.6. The smallest absolute Gasteiger partial charge is 0.265 e. The lowest BCUT2D eigenvalue weighted by Crippen LogP contribution is -2.15. The fourth-order valence-electron chi connectivity index (χ4n) is 1.87. The minimum Gasteiger partial charge on any atom is -0.495 e. The van der Waals surface area contributed by atoms with E-state index < -0.39 is 19.9 Å². The van der Waals surface area contributed by atoms with Crippen molar-refractivity contribution >= 4 is 25.5 Å². The Morgan fingerprint density at radius 1 is 1.00 bits per heavy atom. The third kappa shape index (κ3) is 3.95. The van der Waals surface area contributed by atoms with Crippen LogP contribution in [0, 0.1) is 0 Å². The molecule has 24 heavy (non-hydrogen) atoms. The fraction of sp³-hybridized carbons (Fsp3) is 0.214. The molecule has 130 valence electrons. The van der Waals surface area contributed by atoms with E-state index in [9.17, 15) is 16.8 Å². The Morgan fingerprint density at radius 3 is 2.21 bits per heavy atom. The van der Waals surface area contributed by atoms with Crippen LogP contribution >= 0.6 is 0 Å². The largest absolute Gasteiger partial charge is 0.495 e. The van der Waals surface area contributed by atoms with Gasteiger partial charge in [0.15, 0.2) is 9.84 Å². The summed E-state index contributed by atoms with van der Waals surface area (Å²) in [7, 11) is -4.91. The van der Waals surface area contributed by atoms with Gasteiger partial charge >= 0.3 is 0 Å². The molecule has 0 aliphatic rings. The topological polar surface area (TPSA) is 112 Å². The van der Waals surface area contributed by atoms with Gasteiger partial charge in [0.2, 0.25) is 5.88 Å². The number of sulfone groups is 1. The molecule has 0 saturated heterocycles. The Kier molecular flexibility index (Phi) is 4.99. The molecule has 0 atom stereocenters. The van der Waals surface area contributed by atoms with Crippen LogP contribution in [0.1, 0.15) is 0 Å². The van der Waals surface area contributed by atoms with E-state index >= 15 is 0 Å². The molecule has 1 heterocycles. The molecule has 1 aromatic carbocycles. The van der Waals surface area contributed by atoms with Gasteiger partial charge in [0.1, 0.15) is 10.6 Å². The van der Waals surface area contributed by atoms with E-state index in [0.29, 0.717) is 5.88 Å². The number of hydrogen-bond acceptors (Lipinski definition) is 7. The van der Waals surface area contributed by atoms with E-state index in [1.807, 2.05) is 0 Å². The summed E-state index contributed by atoms with van der Waals surface area (Å²) in [6.07, 6.45) is 2.27. The molecule has 0 amide bonds. The maximum Gasteiger partial charge on any atom is 0.265 e. The van der Waals surface area contributed by atoms with Gasteiger partial charge in [-0.05, 0) is 24.3 Å². The molecular weight excluding hydrogens is 356 g/mol. The van der Waals surface area contributed by atoms with Gasteiger partial charge in [-0.3, -0.25) is 4.72 Å². The van der Waals surface area contributed by atoms with E-state index in [1.54, 1.807) is 0 Å². The van der Waals surface area contributed by atoms with E-state index in [0.717, 1.165) is 12.3 Å². The van der Waals surface area contributed by atoms with E-state index in [-0.39, 0.29) is 21.2 Å². The normalized spacial score (nSPS) is 11.8. The van der Waals surface area contributed by atoms with Crippen LogP contribution < -0.4 is 14.2 Å². The number of pyridine rings is 1. The second-order valence-corrected chi connectivity index (χ2v) is 8.45. The highest BCUT2D eigenvalue weighted by Gasteiger charge is 2.22. The number of rotatable bonds is 6. The first-order chi connectivity index (χ1) is 11.2. The van der Waals surface area contributed by atoms with Crippen LogP contribution in [0.3, 0.4) is 0 Å². The molecule has 0 aliphatic carbocycles. The number of hydrogen-bond donors (Lipinski definition) is 1. The third-order valence-electron chi connectivity index (χ3n) is 3.05. The first-order valence-electron chi connectivity index (χ1n) is 6.58. The van der Waals surface area contributed by atoms with E-state index in [2.05, 4.69) is 9.71 Å². The number of methoxy groups -OCH3 is 2. The van der Waals surface area contributed by atoms with Crippen molar-refractivity contribution in [1.29, 1.82) is 0 Å². The van der Waals surface area contributed by atoms with Gasteiger partial charge < -0.3 is 9.47 Å². The summed E-state index contributed by atoms with van der Waals surface area (Å²) in [4.78, 5) is 3.48. The van der Waals surface area contributed by atoms with Gasteiger partial charge in [0.05, 0.1) is 31.0 Å². The zero-order valence-electron chi connectivity index (χ0n) is 13.2. The second kappa shape index (κ2) is 6.65. The number of sulfonamides is 1. The average molecular weight is 372 g/mol. The molecule has 0 fully saturated rings. The van der Waals surface area contributed by atoms with E-state index in [1.165, 1.54) is 44.7 Å². The van der Waals surface area contributed by atoms with Gasteiger partial charge in [0.25, 0.3) is 10.0 Å². The standard InChI is InChI=1S/C14H16N2O6S2/c1-21-12-6-5-11(23(3,17)18)8-13(12)24(19,20)16-10-4-7-14(22-2)15-9-10/h4-9,16H,1-3H3. The van der Waals surface area contributed by atoms with Crippen LogP contribution in [0.25, 0.3) is 0 Å². The summed E-state index contributed by atoms with van der Waals surface area (Å²) in [5.41, 5.74) is 0.197. The molecule has 2 aromatic rings. The summed E-state index contributed by atoms with van der Waals surface area (Å²) in [6, 6.07) is 6.57. The van der Waals surface area contributed by atoms with E-state index in [4.69, 9.17) is 9.47 Å². The number of aromatic nitrogens is 1. The molecule has 0 radical (unpaired) electrons. The predicted molar refractivity (Wildman–Crippen MR) is 87.7 cm³/mol. The van der Waals surface area contributed by atoms with Crippen molar-refractivity contribution in [3.05, 3.63) is 36.5 Å². The number of nitrogens with zero attached hydrogens (tertiary/aromatic N) is 1. The van der Waals surface area contributed by atoms with Crippen molar-refractivity contribution in [2.24, 2.45) is 0 Å². The fourth-order valence-corrected chi connectivity index (χ4v) is 3.83. The van der Waals surface area contributed by atoms with Crippen molar-refractivity contribution in [2.75, 3.05) is 25.2 Å². The lowest BCUT2D eigenvalue weighted by molar-refractivity contribution is 0.398. The van der Waals surface area contributed by atoms with Crippen LogP contribution in [0.4, 0.5) is 5.69 Å². The highest BCUT2D eigenvalue weighted by atomic mass is 32.2. The quantitative estimate of drug-likeness (QED) is 0.813. The monoisotopic (exact) mass is 372 g/mol. The molecule has 8 nitrogen and oxygen atoms in total. The highest BCUT2D eigenvalue weighted by Crippen LogP contribution is 2.28. The number of nitrogens with one attached hydrogen (secondary N) is 1. The molecule has 10 heteroatoms. The number of ether oxygens (including phenoxy) is 2.